The van der Waals surface area contributed by atoms with Gasteiger partial charge in [0.1, 0.15) is 6.10 Å². The number of likely N-dealkylation sites (tertiary alicyclic amines) is 1. The molecule has 1 aromatic carbocycles. The summed E-state index contributed by atoms with van der Waals surface area (Å²) in [6.45, 7) is 11.1. The Bertz CT molecular complexity index is 1200. The van der Waals surface area contributed by atoms with E-state index in [1.54, 1.807) is 32.4 Å². The second-order valence-corrected chi connectivity index (χ2v) is 13.3. The maximum Gasteiger partial charge on any atom is 0.338 e. The Labute approximate surface area is 225 Å². The fourth-order valence-electron chi connectivity index (χ4n) is 11.2. The van der Waals surface area contributed by atoms with E-state index in [2.05, 4.69) is 25.3 Å². The van der Waals surface area contributed by atoms with Gasteiger partial charge >= 0.3 is 5.97 Å². The molecule has 5 aliphatic carbocycles. The number of aliphatic hydroxyl groups excluding tert-OH is 2. The van der Waals surface area contributed by atoms with Gasteiger partial charge in [-0.3, -0.25) is 4.90 Å². The zero-order chi connectivity index (χ0) is 26.8. The number of ether oxygens (including phenoxy) is 3. The van der Waals surface area contributed by atoms with E-state index >= 15 is 0 Å². The largest absolute Gasteiger partial charge is 0.493 e. The lowest BCUT2D eigenvalue weighted by atomic mass is 9.43. The molecule has 2 spiro atoms. The molecule has 1 aromatic rings. The topological polar surface area (TPSA) is 88.5 Å². The summed E-state index contributed by atoms with van der Waals surface area (Å²) >= 11 is 0. The fraction of sp³-hybridized carbons (Fsp3) is 0.710. The Morgan fingerprint density at radius 2 is 1.92 bits per heavy atom. The van der Waals surface area contributed by atoms with Gasteiger partial charge in [0.05, 0.1) is 32.0 Å². The molecule has 38 heavy (non-hydrogen) atoms. The molecule has 6 fully saturated rings. The highest BCUT2D eigenvalue weighted by atomic mass is 16.5. The molecule has 7 bridgehead atoms. The van der Waals surface area contributed by atoms with Gasteiger partial charge in [0, 0.05) is 29.3 Å². The quantitative estimate of drug-likeness (QED) is 0.450. The molecular weight excluding hydrogens is 482 g/mol. The summed E-state index contributed by atoms with van der Waals surface area (Å²) < 4.78 is 17.0. The first-order chi connectivity index (χ1) is 18.2. The van der Waals surface area contributed by atoms with Crippen molar-refractivity contribution in [3.8, 4) is 11.5 Å². The van der Waals surface area contributed by atoms with Crippen molar-refractivity contribution in [1.82, 2.24) is 4.90 Å². The monoisotopic (exact) mass is 523 g/mol. The molecule has 1 saturated heterocycles. The summed E-state index contributed by atoms with van der Waals surface area (Å²) in [6.07, 6.45) is 3.03. The Balaban J connectivity index is 1.28. The fourth-order valence-corrected chi connectivity index (χ4v) is 11.2. The van der Waals surface area contributed by atoms with E-state index in [0.717, 1.165) is 44.3 Å². The molecule has 0 aromatic heterocycles. The van der Waals surface area contributed by atoms with Gasteiger partial charge in [0.15, 0.2) is 11.5 Å². The Kier molecular flexibility index (Phi) is 5.23. The average molecular weight is 524 g/mol. The highest BCUT2D eigenvalue weighted by molar-refractivity contribution is 5.90. The molecule has 7 heteroatoms. The number of hydrogen-bond acceptors (Lipinski definition) is 7. The lowest BCUT2D eigenvalue weighted by molar-refractivity contribution is -0.218. The minimum absolute atomic E-state index is 0.0665. The van der Waals surface area contributed by atoms with Gasteiger partial charge in [-0.25, -0.2) is 4.79 Å². The Morgan fingerprint density at radius 1 is 1.16 bits per heavy atom. The normalized spacial score (nSPS) is 48.1. The molecular formula is C31H41NO6. The number of nitrogens with zero attached hydrogens (tertiary/aromatic N) is 1. The van der Waals surface area contributed by atoms with Crippen LogP contribution in [-0.2, 0) is 4.74 Å². The number of carbonyl (C=O) groups excluding carboxylic acids is 1. The van der Waals surface area contributed by atoms with Crippen LogP contribution in [-0.4, -0.2) is 72.7 Å². The van der Waals surface area contributed by atoms with E-state index in [1.807, 2.05) is 0 Å². The average Bonchev–Trinajstić information content (AvgIpc) is 3.44. The highest BCUT2D eigenvalue weighted by Gasteiger charge is 2.85. The van der Waals surface area contributed by atoms with Gasteiger partial charge < -0.3 is 24.4 Å². The van der Waals surface area contributed by atoms with Crippen molar-refractivity contribution in [3.63, 3.8) is 0 Å². The summed E-state index contributed by atoms with van der Waals surface area (Å²) in [5.74, 6) is 1.45. The molecule has 6 aliphatic rings. The van der Waals surface area contributed by atoms with Gasteiger partial charge in [-0.15, -0.1) is 0 Å². The van der Waals surface area contributed by atoms with Crippen molar-refractivity contribution in [2.45, 2.75) is 70.3 Å². The molecule has 2 unspecified atom stereocenters. The summed E-state index contributed by atoms with van der Waals surface area (Å²) in [5.41, 5.74) is 0.842. The molecule has 7 rings (SSSR count). The predicted octanol–water partition coefficient (Wildman–Crippen LogP) is 3.67. The van der Waals surface area contributed by atoms with E-state index in [0.29, 0.717) is 35.3 Å². The first-order valence-corrected chi connectivity index (χ1v) is 14.4. The molecule has 11 atom stereocenters. The van der Waals surface area contributed by atoms with Gasteiger partial charge in [0.2, 0.25) is 0 Å². The second kappa shape index (κ2) is 7.98. The first-order valence-electron chi connectivity index (χ1n) is 14.4. The lowest BCUT2D eigenvalue weighted by Crippen LogP contribution is -2.68. The van der Waals surface area contributed by atoms with Crippen molar-refractivity contribution >= 4 is 5.97 Å². The van der Waals surface area contributed by atoms with E-state index in [-0.39, 0.29) is 40.2 Å². The summed E-state index contributed by atoms with van der Waals surface area (Å²) in [5, 5.41) is 23.8. The summed E-state index contributed by atoms with van der Waals surface area (Å²) in [7, 11) is 3.11. The smallest absolute Gasteiger partial charge is 0.338 e. The van der Waals surface area contributed by atoms with Crippen molar-refractivity contribution in [2.24, 2.45) is 39.9 Å². The molecule has 1 heterocycles. The van der Waals surface area contributed by atoms with Crippen molar-refractivity contribution in [3.05, 3.63) is 35.9 Å². The zero-order valence-electron chi connectivity index (χ0n) is 23.0. The van der Waals surface area contributed by atoms with E-state index < -0.39 is 18.2 Å². The third-order valence-electron chi connectivity index (χ3n) is 12.4. The highest BCUT2D eigenvalue weighted by Crippen LogP contribution is 2.83. The second-order valence-electron chi connectivity index (χ2n) is 13.3. The number of benzene rings is 1. The van der Waals surface area contributed by atoms with Crippen molar-refractivity contribution in [1.29, 1.82) is 0 Å². The van der Waals surface area contributed by atoms with Crippen LogP contribution in [0.2, 0.25) is 0 Å². The van der Waals surface area contributed by atoms with Crippen LogP contribution in [0.4, 0.5) is 0 Å². The van der Waals surface area contributed by atoms with Crippen LogP contribution in [0.3, 0.4) is 0 Å². The van der Waals surface area contributed by atoms with E-state index in [1.165, 1.54) is 0 Å². The van der Waals surface area contributed by atoms with Gasteiger partial charge in [-0.1, -0.05) is 20.4 Å². The van der Waals surface area contributed by atoms with Crippen molar-refractivity contribution < 1.29 is 29.2 Å². The first kappa shape index (κ1) is 24.9. The van der Waals surface area contributed by atoms with Crippen LogP contribution in [0.15, 0.2) is 30.4 Å². The van der Waals surface area contributed by atoms with Gasteiger partial charge in [0.25, 0.3) is 0 Å². The number of piperidine rings is 1. The zero-order valence-corrected chi connectivity index (χ0v) is 23.0. The SMILES string of the molecule is C=C1[C@@H](O)[C@]23C[C@@H]1[C@@H](OC(=O)c1ccc(OC)c(OC)c1)C[C@H]2[C@@]12C4C3C[C@@H]1[C@@](C)(CC[C@H]2O)CN4CC. The Hall–Kier alpha value is -2.09. The van der Waals surface area contributed by atoms with Crippen LogP contribution in [0, 0.1) is 39.9 Å². The maximum atomic E-state index is 13.4. The minimum Gasteiger partial charge on any atom is -0.493 e. The number of methoxy groups -OCH3 is 2. The lowest BCUT2D eigenvalue weighted by Gasteiger charge is -2.65. The molecule has 206 valence electrons. The van der Waals surface area contributed by atoms with Crippen LogP contribution >= 0.6 is 0 Å². The van der Waals surface area contributed by atoms with E-state index in [9.17, 15) is 15.0 Å². The van der Waals surface area contributed by atoms with Crippen LogP contribution in [0.5, 0.6) is 11.5 Å². The number of carbonyl (C=O) groups is 1. The Morgan fingerprint density at radius 3 is 2.63 bits per heavy atom. The third-order valence-corrected chi connectivity index (χ3v) is 12.4. The van der Waals surface area contributed by atoms with E-state index in [4.69, 9.17) is 14.2 Å². The van der Waals surface area contributed by atoms with Gasteiger partial charge in [-0.05, 0) is 85.6 Å². The molecule has 5 saturated carbocycles. The number of esters is 1. The molecule has 2 N–H and O–H groups in total. The number of hydrogen-bond donors (Lipinski definition) is 2. The molecule has 7 nitrogen and oxygen atoms in total. The number of aliphatic hydroxyl groups is 2. The number of rotatable bonds is 5. The summed E-state index contributed by atoms with van der Waals surface area (Å²) in [4.78, 5) is 16.1. The predicted molar refractivity (Wildman–Crippen MR) is 141 cm³/mol. The van der Waals surface area contributed by atoms with Crippen LogP contribution in [0.25, 0.3) is 0 Å². The molecule has 0 radical (unpaired) electrons. The van der Waals surface area contributed by atoms with Crippen molar-refractivity contribution in [2.75, 3.05) is 27.3 Å². The third kappa shape index (κ3) is 2.69. The van der Waals surface area contributed by atoms with Gasteiger partial charge in [-0.2, -0.15) is 0 Å². The van der Waals surface area contributed by atoms with Crippen LogP contribution in [0.1, 0.15) is 56.3 Å². The molecule has 1 aliphatic heterocycles. The maximum absolute atomic E-state index is 13.4. The standard InChI is InChI=1S/C31H41NO6/c1-6-32-15-29(3)10-9-25(33)31-23(29)12-19(26(31)32)30-14-18(16(2)27(30)34)21(13-24(30)31)38-28(35)17-7-8-20(36-4)22(11-17)37-5/h7-8,11,18-19,21,23-27,33-34H,2,6,9-10,12-15H2,1,3-5H3/t18-,19?,21-,23+,24+,25+,26?,27+,29-,30-,31-/m0/s1. The van der Waals surface area contributed by atoms with Crippen LogP contribution < -0.4 is 9.47 Å². The molecule has 0 amide bonds. The number of fused-ring (bicyclic) bond motifs is 1. The minimum atomic E-state index is -0.618. The summed E-state index contributed by atoms with van der Waals surface area (Å²) in [6, 6.07) is 5.34.